The number of rotatable bonds is 1. The van der Waals surface area contributed by atoms with Crippen LogP contribution in [0.1, 0.15) is 67.7 Å². The maximum absolute atomic E-state index is 13.7. The molecule has 21 heavy (non-hydrogen) atoms. The molecule has 2 nitrogen and oxygen atoms in total. The van der Waals surface area contributed by atoms with Gasteiger partial charge in [0.2, 0.25) is 0 Å². The quantitative estimate of drug-likeness (QED) is 0.844. The van der Waals surface area contributed by atoms with Gasteiger partial charge in [-0.25, -0.2) is 4.39 Å². The maximum Gasteiger partial charge on any atom is 0.101 e. The number of pyridine rings is 1. The predicted molar refractivity (Wildman–Crippen MR) is 82.5 cm³/mol. The molecule has 0 unspecified atom stereocenters. The van der Waals surface area contributed by atoms with Gasteiger partial charge in [0.1, 0.15) is 5.83 Å². The molecular formula is C18H23FN2. The molecule has 2 saturated carbocycles. The van der Waals surface area contributed by atoms with Gasteiger partial charge in [-0.2, -0.15) is 0 Å². The molecule has 0 saturated heterocycles. The lowest BCUT2D eigenvalue weighted by Gasteiger charge is -2.50. The smallest absolute Gasteiger partial charge is 0.101 e. The molecule has 0 amide bonds. The fraction of sp³-hybridized carbons (Fsp3) is 0.611. The highest BCUT2D eigenvalue weighted by Gasteiger charge is 2.44. The first-order valence-corrected chi connectivity index (χ1v) is 8.25. The zero-order valence-electron chi connectivity index (χ0n) is 12.4. The summed E-state index contributed by atoms with van der Waals surface area (Å²) >= 11 is 0. The van der Waals surface area contributed by atoms with Crippen LogP contribution in [0, 0.1) is 5.41 Å². The molecule has 1 aromatic rings. The molecule has 1 heterocycles. The highest BCUT2D eigenvalue weighted by Crippen LogP contribution is 2.54. The molecular weight excluding hydrogens is 263 g/mol. The van der Waals surface area contributed by atoms with Crippen molar-refractivity contribution in [2.24, 2.45) is 11.1 Å². The van der Waals surface area contributed by atoms with Crippen molar-refractivity contribution in [3.63, 3.8) is 0 Å². The minimum absolute atomic E-state index is 0.00833. The molecule has 112 valence electrons. The van der Waals surface area contributed by atoms with Crippen LogP contribution in [0.25, 0.3) is 6.08 Å². The number of hydrogen-bond donors (Lipinski definition) is 1. The first-order chi connectivity index (χ1) is 10.2. The van der Waals surface area contributed by atoms with E-state index in [1.54, 1.807) is 6.08 Å². The van der Waals surface area contributed by atoms with Crippen LogP contribution in [0.5, 0.6) is 0 Å². The molecule has 3 heteroatoms. The van der Waals surface area contributed by atoms with Crippen LogP contribution in [-0.2, 0) is 6.42 Å². The van der Waals surface area contributed by atoms with Crippen LogP contribution in [0.4, 0.5) is 4.39 Å². The lowest BCUT2D eigenvalue weighted by Crippen LogP contribution is -2.47. The topological polar surface area (TPSA) is 38.9 Å². The molecule has 0 radical (unpaired) electrons. The van der Waals surface area contributed by atoms with E-state index < -0.39 is 0 Å². The van der Waals surface area contributed by atoms with Crippen LogP contribution in [0.2, 0.25) is 0 Å². The van der Waals surface area contributed by atoms with Crippen LogP contribution in [0.15, 0.2) is 18.1 Å². The normalized spacial score (nSPS) is 35.0. The van der Waals surface area contributed by atoms with Gasteiger partial charge < -0.3 is 5.73 Å². The molecule has 1 aromatic heterocycles. The summed E-state index contributed by atoms with van der Waals surface area (Å²) in [7, 11) is 0. The van der Waals surface area contributed by atoms with Gasteiger partial charge in [-0.05, 0) is 74.0 Å². The number of nitrogens with zero attached hydrogens (tertiary/aromatic N) is 1. The largest absolute Gasteiger partial charge is 0.328 e. The molecule has 1 spiro atoms. The third-order valence-electron chi connectivity index (χ3n) is 5.88. The second-order valence-electron chi connectivity index (χ2n) is 7.29. The van der Waals surface area contributed by atoms with Gasteiger partial charge in [0.05, 0.1) is 0 Å². The number of fused-ring (bicyclic) bond motifs is 1. The lowest BCUT2D eigenvalue weighted by molar-refractivity contribution is 0.0483. The van der Waals surface area contributed by atoms with Gasteiger partial charge in [0.15, 0.2) is 0 Å². The number of aromatic nitrogens is 1. The van der Waals surface area contributed by atoms with Crippen molar-refractivity contribution in [3.8, 4) is 0 Å². The van der Waals surface area contributed by atoms with E-state index in [9.17, 15) is 4.39 Å². The van der Waals surface area contributed by atoms with E-state index in [0.717, 1.165) is 17.7 Å². The summed E-state index contributed by atoms with van der Waals surface area (Å²) in [5.41, 5.74) is 10.0. The average molecular weight is 286 g/mol. The highest BCUT2D eigenvalue weighted by molar-refractivity contribution is 5.60. The number of hydrogen-bond acceptors (Lipinski definition) is 2. The van der Waals surface area contributed by atoms with Gasteiger partial charge in [-0.3, -0.25) is 4.98 Å². The third kappa shape index (κ3) is 2.32. The Morgan fingerprint density at radius 1 is 1.19 bits per heavy atom. The molecule has 2 N–H and O–H groups in total. The van der Waals surface area contributed by atoms with Crippen molar-refractivity contribution in [2.75, 3.05) is 0 Å². The minimum atomic E-state index is 0.00833. The molecule has 0 aliphatic heterocycles. The summed E-state index contributed by atoms with van der Waals surface area (Å²) in [6.45, 7) is 0. The van der Waals surface area contributed by atoms with Gasteiger partial charge in [-0.15, -0.1) is 0 Å². The standard InChI is InChI=1S/C18H23FN2/c19-13-1-2-17-16(9-13)15(5-8-21-17)12-3-6-18(7-4-12)10-14(20)11-18/h5,8-9,12,14H,1-4,6-7,10-11,20H2. The Morgan fingerprint density at radius 2 is 1.95 bits per heavy atom. The zero-order chi connectivity index (χ0) is 14.4. The molecule has 3 aliphatic rings. The van der Waals surface area contributed by atoms with E-state index in [0.29, 0.717) is 23.8 Å². The van der Waals surface area contributed by atoms with E-state index in [4.69, 9.17) is 5.73 Å². The SMILES string of the molecule is NC1CC2(CCC(c3ccnc4c3C=C(F)CC4)CC2)C1. The second-order valence-corrected chi connectivity index (χ2v) is 7.29. The van der Waals surface area contributed by atoms with Gasteiger partial charge in [0.25, 0.3) is 0 Å². The third-order valence-corrected chi connectivity index (χ3v) is 5.88. The first kappa shape index (κ1) is 13.4. The lowest BCUT2D eigenvalue weighted by atomic mass is 9.56. The van der Waals surface area contributed by atoms with Crippen LogP contribution in [0.3, 0.4) is 0 Å². The van der Waals surface area contributed by atoms with Gasteiger partial charge >= 0.3 is 0 Å². The molecule has 3 aliphatic carbocycles. The Morgan fingerprint density at radius 3 is 2.67 bits per heavy atom. The molecule has 0 aromatic carbocycles. The molecule has 4 rings (SSSR count). The van der Waals surface area contributed by atoms with E-state index in [2.05, 4.69) is 11.1 Å². The Balaban J connectivity index is 1.56. The highest BCUT2D eigenvalue weighted by atomic mass is 19.1. The van der Waals surface area contributed by atoms with E-state index in [1.807, 2.05) is 6.20 Å². The summed E-state index contributed by atoms with van der Waals surface area (Å²) in [6, 6.07) is 2.55. The summed E-state index contributed by atoms with van der Waals surface area (Å²) < 4.78 is 13.7. The van der Waals surface area contributed by atoms with Crippen molar-refractivity contribution in [2.45, 2.75) is 63.3 Å². The summed E-state index contributed by atoms with van der Waals surface area (Å²) in [5.74, 6) is 0.584. The predicted octanol–water partition coefficient (Wildman–Crippen LogP) is 4.10. The summed E-state index contributed by atoms with van der Waals surface area (Å²) in [4.78, 5) is 4.45. The number of nitrogens with two attached hydrogens (primary N) is 1. The maximum atomic E-state index is 13.7. The van der Waals surface area contributed by atoms with Crippen LogP contribution >= 0.6 is 0 Å². The van der Waals surface area contributed by atoms with Crippen molar-refractivity contribution in [3.05, 3.63) is 34.9 Å². The van der Waals surface area contributed by atoms with Crippen molar-refractivity contribution >= 4 is 6.08 Å². The van der Waals surface area contributed by atoms with Gasteiger partial charge in [0, 0.05) is 29.9 Å². The summed E-state index contributed by atoms with van der Waals surface area (Å²) in [6.07, 6.45) is 12.3. The average Bonchev–Trinajstić information content (AvgIpc) is 2.46. The Bertz CT molecular complexity index is 577. The zero-order valence-corrected chi connectivity index (χ0v) is 12.4. The molecule has 0 atom stereocenters. The number of halogens is 1. The van der Waals surface area contributed by atoms with E-state index in [-0.39, 0.29) is 5.83 Å². The summed E-state index contributed by atoms with van der Waals surface area (Å²) in [5, 5.41) is 0. The Kier molecular flexibility index (Phi) is 3.14. The van der Waals surface area contributed by atoms with Crippen molar-refractivity contribution in [1.29, 1.82) is 0 Å². The number of aryl methyl sites for hydroxylation is 1. The van der Waals surface area contributed by atoms with Crippen molar-refractivity contribution < 1.29 is 4.39 Å². The van der Waals surface area contributed by atoms with Gasteiger partial charge in [-0.1, -0.05) is 0 Å². The fourth-order valence-corrected chi connectivity index (χ4v) is 4.72. The Hall–Kier alpha value is -1.22. The van der Waals surface area contributed by atoms with Crippen LogP contribution in [-0.4, -0.2) is 11.0 Å². The minimum Gasteiger partial charge on any atom is -0.328 e. The van der Waals surface area contributed by atoms with Crippen molar-refractivity contribution in [1.82, 2.24) is 4.98 Å². The fourth-order valence-electron chi connectivity index (χ4n) is 4.72. The van der Waals surface area contributed by atoms with Crippen LogP contribution < -0.4 is 5.73 Å². The second kappa shape index (κ2) is 4.91. The molecule has 0 bridgehead atoms. The monoisotopic (exact) mass is 286 g/mol. The molecule has 2 fully saturated rings. The Labute approximate surface area is 125 Å². The van der Waals surface area contributed by atoms with E-state index >= 15 is 0 Å². The first-order valence-electron chi connectivity index (χ1n) is 8.25. The number of allylic oxidation sites excluding steroid dienone is 1. The van der Waals surface area contributed by atoms with E-state index in [1.165, 1.54) is 44.1 Å².